The van der Waals surface area contributed by atoms with Crippen molar-refractivity contribution in [2.45, 2.75) is 13.1 Å². The van der Waals surface area contributed by atoms with Crippen LogP contribution in [0.4, 0.5) is 13.2 Å². The molecule has 0 saturated heterocycles. The minimum Gasteiger partial charge on any atom is -0.342 e. The van der Waals surface area contributed by atoms with Crippen molar-refractivity contribution in [3.63, 3.8) is 0 Å². The summed E-state index contributed by atoms with van der Waals surface area (Å²) in [6.07, 6.45) is -3.30. The number of benzene rings is 1. The van der Waals surface area contributed by atoms with Crippen LogP contribution >= 0.6 is 0 Å². The molecule has 3 nitrogen and oxygen atoms in total. The molecule has 0 unspecified atom stereocenters. The summed E-state index contributed by atoms with van der Waals surface area (Å²) in [7, 11) is 0. The number of hydrogen-bond donors (Lipinski definition) is 0. The minimum atomic E-state index is -4.37. The first kappa shape index (κ1) is 10.7. The van der Waals surface area contributed by atoms with Gasteiger partial charge in [-0.05, 0) is 18.6 Å². The largest absolute Gasteiger partial charge is 0.416 e. The quantitative estimate of drug-likeness (QED) is 0.752. The van der Waals surface area contributed by atoms with Gasteiger partial charge in [0.1, 0.15) is 0 Å². The smallest absolute Gasteiger partial charge is 0.342 e. The van der Waals surface area contributed by atoms with Crippen LogP contribution in [0.3, 0.4) is 0 Å². The maximum absolute atomic E-state index is 12.6. The van der Waals surface area contributed by atoms with E-state index in [2.05, 4.69) is 14.7 Å². The van der Waals surface area contributed by atoms with E-state index in [-0.39, 0.29) is 17.0 Å². The van der Waals surface area contributed by atoms with Gasteiger partial charge in [-0.3, -0.25) is 0 Å². The zero-order valence-electron chi connectivity index (χ0n) is 8.25. The van der Waals surface area contributed by atoms with Crippen molar-refractivity contribution in [1.29, 1.82) is 0 Å². The van der Waals surface area contributed by atoms with Crippen molar-refractivity contribution in [3.8, 4) is 11.4 Å². The van der Waals surface area contributed by atoms with Crippen LogP contribution in [0.15, 0.2) is 29.1 Å². The fourth-order valence-electron chi connectivity index (χ4n) is 1.36. The van der Waals surface area contributed by atoms with E-state index >= 15 is 0 Å². The van der Waals surface area contributed by atoms with E-state index in [1.165, 1.54) is 19.1 Å². The van der Waals surface area contributed by atoms with Crippen LogP contribution in [0.2, 0.25) is 0 Å². The summed E-state index contributed by atoms with van der Waals surface area (Å²) in [5, 5.41) is 3.49. The van der Waals surface area contributed by atoms with Crippen LogP contribution in [0, 0.1) is 6.92 Å². The van der Waals surface area contributed by atoms with E-state index in [4.69, 9.17) is 0 Å². The third-order valence-electron chi connectivity index (χ3n) is 2.16. The summed E-state index contributed by atoms with van der Waals surface area (Å²) in [6, 6.07) is 3.92. The highest BCUT2D eigenvalue weighted by atomic mass is 19.4. The molecule has 2 rings (SSSR count). The molecule has 0 saturated carbocycles. The molecule has 0 fully saturated rings. The maximum atomic E-state index is 12.6. The lowest BCUT2D eigenvalue weighted by Gasteiger charge is -2.10. The summed E-state index contributed by atoms with van der Waals surface area (Å²) in [5.74, 6) is 0.144. The molecule has 1 aromatic carbocycles. The Kier molecular flexibility index (Phi) is 2.41. The lowest BCUT2D eigenvalue weighted by atomic mass is 10.0. The van der Waals surface area contributed by atoms with Gasteiger partial charge in [0.2, 0.25) is 12.2 Å². The number of hydrogen-bond acceptors (Lipinski definition) is 3. The van der Waals surface area contributed by atoms with Crippen LogP contribution < -0.4 is 0 Å². The Balaban J connectivity index is 2.52. The topological polar surface area (TPSA) is 38.9 Å². The molecule has 0 N–H and O–H groups in total. The Labute approximate surface area is 88.9 Å². The second-order valence-electron chi connectivity index (χ2n) is 3.28. The number of aryl methyl sites for hydroxylation is 1. The van der Waals surface area contributed by atoms with E-state index in [0.717, 1.165) is 12.5 Å². The molecule has 2 aromatic rings. The number of alkyl halides is 3. The normalized spacial score (nSPS) is 11.8. The average Bonchev–Trinajstić information content (AvgIpc) is 2.69. The van der Waals surface area contributed by atoms with Gasteiger partial charge >= 0.3 is 6.18 Å². The summed E-state index contributed by atoms with van der Waals surface area (Å²) in [6.45, 7) is 1.41. The van der Waals surface area contributed by atoms with Crippen LogP contribution in [-0.4, -0.2) is 10.1 Å². The molecule has 0 bridgehead atoms. The molecule has 0 aliphatic rings. The standard InChI is InChI=1S/C10H7F3N2O/c1-6-2-3-7(9-14-5-16-15-9)4-8(6)10(11,12)13/h2-5H,1H3. The molecule has 0 amide bonds. The fraction of sp³-hybridized carbons (Fsp3) is 0.200. The minimum absolute atomic E-state index is 0.144. The van der Waals surface area contributed by atoms with E-state index in [0.29, 0.717) is 0 Å². The van der Waals surface area contributed by atoms with Crippen LogP contribution in [0.5, 0.6) is 0 Å². The molecule has 6 heteroatoms. The Morgan fingerprint density at radius 2 is 2.00 bits per heavy atom. The summed E-state index contributed by atoms with van der Waals surface area (Å²) in [4.78, 5) is 3.69. The average molecular weight is 228 g/mol. The van der Waals surface area contributed by atoms with Crippen molar-refractivity contribution in [2.75, 3.05) is 0 Å². The van der Waals surface area contributed by atoms with E-state index < -0.39 is 11.7 Å². The summed E-state index contributed by atoms with van der Waals surface area (Å²) < 4.78 is 42.3. The van der Waals surface area contributed by atoms with Crippen molar-refractivity contribution < 1.29 is 17.7 Å². The number of rotatable bonds is 1. The second-order valence-corrected chi connectivity index (χ2v) is 3.28. The first-order valence-electron chi connectivity index (χ1n) is 4.43. The van der Waals surface area contributed by atoms with Gasteiger partial charge in [-0.2, -0.15) is 18.2 Å². The molecular formula is C10H7F3N2O. The molecule has 0 atom stereocenters. The molecule has 0 aliphatic heterocycles. The first-order chi connectivity index (χ1) is 7.48. The molecule has 1 aromatic heterocycles. The Morgan fingerprint density at radius 3 is 2.56 bits per heavy atom. The Bertz CT molecular complexity index is 491. The lowest BCUT2D eigenvalue weighted by Crippen LogP contribution is -2.07. The lowest BCUT2D eigenvalue weighted by molar-refractivity contribution is -0.138. The highest BCUT2D eigenvalue weighted by Crippen LogP contribution is 2.33. The molecule has 0 radical (unpaired) electrons. The third kappa shape index (κ3) is 1.91. The highest BCUT2D eigenvalue weighted by Gasteiger charge is 2.32. The first-order valence-corrected chi connectivity index (χ1v) is 4.43. The van der Waals surface area contributed by atoms with Gasteiger partial charge in [0, 0.05) is 5.56 Å². The van der Waals surface area contributed by atoms with E-state index in [1.54, 1.807) is 0 Å². The van der Waals surface area contributed by atoms with Crippen molar-refractivity contribution in [3.05, 3.63) is 35.7 Å². The molecule has 16 heavy (non-hydrogen) atoms. The van der Waals surface area contributed by atoms with Gasteiger partial charge in [-0.1, -0.05) is 17.3 Å². The monoisotopic (exact) mass is 228 g/mol. The van der Waals surface area contributed by atoms with Gasteiger partial charge < -0.3 is 4.52 Å². The Hall–Kier alpha value is -1.85. The predicted molar refractivity (Wildman–Crippen MR) is 49.5 cm³/mol. The van der Waals surface area contributed by atoms with Crippen LogP contribution in [0.25, 0.3) is 11.4 Å². The highest BCUT2D eigenvalue weighted by molar-refractivity contribution is 5.57. The van der Waals surface area contributed by atoms with Gasteiger partial charge in [0.25, 0.3) is 0 Å². The molecule has 84 valence electrons. The van der Waals surface area contributed by atoms with Gasteiger partial charge in [0.15, 0.2) is 0 Å². The van der Waals surface area contributed by atoms with Crippen molar-refractivity contribution in [2.24, 2.45) is 0 Å². The molecule has 0 aliphatic carbocycles. The number of aromatic nitrogens is 2. The summed E-state index contributed by atoms with van der Waals surface area (Å²) in [5.41, 5.74) is -0.235. The van der Waals surface area contributed by atoms with E-state index in [1.807, 2.05) is 0 Å². The van der Waals surface area contributed by atoms with Crippen LogP contribution in [-0.2, 0) is 6.18 Å². The zero-order chi connectivity index (χ0) is 11.8. The second kappa shape index (κ2) is 3.62. The SMILES string of the molecule is Cc1ccc(-c2ncon2)cc1C(F)(F)F. The van der Waals surface area contributed by atoms with Gasteiger partial charge in [-0.15, -0.1) is 0 Å². The number of halogens is 3. The molecular weight excluding hydrogens is 221 g/mol. The summed E-state index contributed by atoms with van der Waals surface area (Å²) >= 11 is 0. The molecule has 0 spiro atoms. The van der Waals surface area contributed by atoms with Crippen molar-refractivity contribution >= 4 is 0 Å². The number of nitrogens with zero attached hydrogens (tertiary/aromatic N) is 2. The predicted octanol–water partition coefficient (Wildman–Crippen LogP) is 3.06. The van der Waals surface area contributed by atoms with E-state index in [9.17, 15) is 13.2 Å². The zero-order valence-corrected chi connectivity index (χ0v) is 8.25. The van der Waals surface area contributed by atoms with Gasteiger partial charge in [-0.25, -0.2) is 0 Å². The maximum Gasteiger partial charge on any atom is 0.416 e. The molecule has 1 heterocycles. The Morgan fingerprint density at radius 1 is 1.25 bits per heavy atom. The van der Waals surface area contributed by atoms with Gasteiger partial charge in [0.05, 0.1) is 5.56 Å². The fourth-order valence-corrected chi connectivity index (χ4v) is 1.36. The van der Waals surface area contributed by atoms with Crippen LogP contribution in [0.1, 0.15) is 11.1 Å². The third-order valence-corrected chi connectivity index (χ3v) is 2.16. The van der Waals surface area contributed by atoms with Crippen molar-refractivity contribution in [1.82, 2.24) is 10.1 Å².